The Balaban J connectivity index is 0.978. The molecule has 0 radical (unpaired) electrons. The van der Waals surface area contributed by atoms with Gasteiger partial charge in [0.25, 0.3) is 0 Å². The summed E-state index contributed by atoms with van der Waals surface area (Å²) in [5.74, 6) is 1.89. The van der Waals surface area contributed by atoms with Gasteiger partial charge in [-0.2, -0.15) is 0 Å². The first-order valence-corrected chi connectivity index (χ1v) is 20.5. The van der Waals surface area contributed by atoms with Crippen LogP contribution < -0.4 is 0 Å². The number of hydrogen-bond acceptors (Lipinski definition) is 4. The fourth-order valence-electron chi connectivity index (χ4n) is 9.37. The van der Waals surface area contributed by atoms with E-state index in [2.05, 4.69) is 179 Å². The van der Waals surface area contributed by atoms with Gasteiger partial charge in [0.05, 0.1) is 32.8 Å². The minimum absolute atomic E-state index is 0.620. The summed E-state index contributed by atoms with van der Waals surface area (Å²) < 4.78 is 11.8. The van der Waals surface area contributed by atoms with E-state index in [4.69, 9.17) is 19.4 Å². The molecule has 4 aromatic heterocycles. The minimum Gasteiger partial charge on any atom is -0.455 e. The average molecular weight is 780 g/mol. The van der Waals surface area contributed by atoms with Crippen LogP contribution in [0.2, 0.25) is 0 Å². The van der Waals surface area contributed by atoms with Crippen LogP contribution in [0.4, 0.5) is 0 Å². The number of fused-ring (bicyclic) bond motifs is 12. The normalized spacial score (nSPS) is 11.9. The van der Waals surface area contributed by atoms with Gasteiger partial charge in [0.2, 0.25) is 0 Å². The summed E-state index contributed by atoms with van der Waals surface area (Å²) >= 11 is 0. The first-order valence-electron chi connectivity index (χ1n) is 20.5. The molecule has 4 heterocycles. The van der Waals surface area contributed by atoms with Crippen LogP contribution in [0.3, 0.4) is 0 Å². The van der Waals surface area contributed by atoms with Crippen LogP contribution in [0.1, 0.15) is 0 Å². The van der Waals surface area contributed by atoms with Crippen LogP contribution in [0.5, 0.6) is 0 Å². The summed E-state index contributed by atoms with van der Waals surface area (Å²) in [6.07, 6.45) is 0. The summed E-state index contributed by atoms with van der Waals surface area (Å²) in [7, 11) is 0. The van der Waals surface area contributed by atoms with Crippen molar-refractivity contribution >= 4 is 76.3 Å². The zero-order chi connectivity index (χ0) is 40.0. The van der Waals surface area contributed by atoms with Crippen molar-refractivity contribution in [1.29, 1.82) is 0 Å². The maximum atomic E-state index is 7.14. The van der Waals surface area contributed by atoms with Gasteiger partial charge in [-0.05, 0) is 89.6 Å². The van der Waals surface area contributed by atoms with E-state index in [1.807, 2.05) is 30.3 Å². The smallest absolute Gasteiger partial charge is 0.164 e. The fourth-order valence-corrected chi connectivity index (χ4v) is 9.37. The minimum atomic E-state index is 0.620. The lowest BCUT2D eigenvalue weighted by molar-refractivity contribution is 0.677. The Morgan fingerprint density at radius 2 is 0.770 bits per heavy atom. The molecule has 13 aromatic rings. The zero-order valence-corrected chi connectivity index (χ0v) is 32.7. The highest BCUT2D eigenvalue weighted by Gasteiger charge is 2.23. The van der Waals surface area contributed by atoms with E-state index in [1.165, 1.54) is 10.8 Å². The Morgan fingerprint density at radius 3 is 1.38 bits per heavy atom. The number of benzene rings is 9. The van der Waals surface area contributed by atoms with Gasteiger partial charge in [-0.1, -0.05) is 121 Å². The SMILES string of the molecule is c1ccc(-c2nc(-c3ccc(-n4c5ccccc5c5c6oc7c(ccc8c7c7ccccc7n8-c7ccccc7)c6ccc54)cc3)nc(-c3ccc4ccccc4c3)n2)cc1. The molecule has 9 aromatic carbocycles. The zero-order valence-electron chi connectivity index (χ0n) is 32.7. The van der Waals surface area contributed by atoms with Crippen molar-refractivity contribution in [1.82, 2.24) is 24.1 Å². The van der Waals surface area contributed by atoms with Crippen molar-refractivity contribution in [3.63, 3.8) is 0 Å². The molecule has 0 aliphatic heterocycles. The number of furan rings is 1. The molecule has 284 valence electrons. The van der Waals surface area contributed by atoms with E-state index in [0.29, 0.717) is 17.5 Å². The van der Waals surface area contributed by atoms with Crippen molar-refractivity contribution in [3.05, 3.63) is 200 Å². The Kier molecular flexibility index (Phi) is 7.21. The third kappa shape index (κ3) is 5.12. The Bertz CT molecular complexity index is 3860. The molecule has 0 aliphatic carbocycles. The lowest BCUT2D eigenvalue weighted by Gasteiger charge is -2.11. The van der Waals surface area contributed by atoms with Crippen molar-refractivity contribution in [3.8, 4) is 45.5 Å². The second kappa shape index (κ2) is 13.1. The Labute approximate surface area is 349 Å². The molecule has 0 saturated heterocycles. The second-order valence-corrected chi connectivity index (χ2v) is 15.6. The van der Waals surface area contributed by atoms with Crippen LogP contribution >= 0.6 is 0 Å². The fraction of sp³-hybridized carbons (Fsp3) is 0. The molecule has 6 heteroatoms. The van der Waals surface area contributed by atoms with Gasteiger partial charge in [0.15, 0.2) is 17.5 Å². The summed E-state index contributed by atoms with van der Waals surface area (Å²) in [5.41, 5.74) is 11.2. The van der Waals surface area contributed by atoms with E-state index >= 15 is 0 Å². The quantitative estimate of drug-likeness (QED) is 0.175. The van der Waals surface area contributed by atoms with Gasteiger partial charge >= 0.3 is 0 Å². The molecule has 6 nitrogen and oxygen atoms in total. The van der Waals surface area contributed by atoms with E-state index in [1.54, 1.807) is 0 Å². The lowest BCUT2D eigenvalue weighted by atomic mass is 10.1. The van der Waals surface area contributed by atoms with Gasteiger partial charge in [-0.15, -0.1) is 0 Å². The lowest BCUT2D eigenvalue weighted by Crippen LogP contribution is -2.00. The van der Waals surface area contributed by atoms with E-state index in [-0.39, 0.29) is 0 Å². The summed E-state index contributed by atoms with van der Waals surface area (Å²) in [6.45, 7) is 0. The standard InChI is InChI=1S/C55H33N5O/c1-3-14-35(15-4-1)53-56-54(58-55(57-53)38-24-23-34-13-7-8-16-37(34)33-38)36-25-27-40(28-26-36)60-46-22-12-10-20-44(46)50-48(60)32-30-42-41-29-31-47-49(51(41)61-52(42)50)43-19-9-11-21-45(43)59(47)39-17-5-2-6-18-39/h1-33H. The number of aromatic nitrogens is 5. The van der Waals surface area contributed by atoms with Crippen LogP contribution in [-0.4, -0.2) is 24.1 Å². The summed E-state index contributed by atoms with van der Waals surface area (Å²) in [5, 5.41) is 9.05. The number of rotatable bonds is 5. The Hall–Kier alpha value is -8.35. The highest BCUT2D eigenvalue weighted by atomic mass is 16.3. The molecule has 61 heavy (non-hydrogen) atoms. The van der Waals surface area contributed by atoms with Gasteiger partial charge in [0, 0.05) is 49.6 Å². The van der Waals surface area contributed by atoms with Gasteiger partial charge in [-0.25, -0.2) is 15.0 Å². The van der Waals surface area contributed by atoms with Gasteiger partial charge in [-0.3, -0.25) is 0 Å². The molecular weight excluding hydrogens is 747 g/mol. The first-order chi connectivity index (χ1) is 30.2. The third-order valence-electron chi connectivity index (χ3n) is 12.1. The molecule has 0 saturated carbocycles. The highest BCUT2D eigenvalue weighted by molar-refractivity contribution is 6.29. The molecule has 0 fully saturated rings. The molecule has 0 aliphatic rings. The van der Waals surface area contributed by atoms with Crippen molar-refractivity contribution < 1.29 is 4.42 Å². The van der Waals surface area contributed by atoms with Crippen molar-refractivity contribution in [2.45, 2.75) is 0 Å². The van der Waals surface area contributed by atoms with E-state index < -0.39 is 0 Å². The second-order valence-electron chi connectivity index (χ2n) is 15.6. The average Bonchev–Trinajstić information content (AvgIpc) is 3.99. The molecule has 0 amide bonds. The molecule has 0 spiro atoms. The largest absolute Gasteiger partial charge is 0.455 e. The Morgan fingerprint density at radius 1 is 0.311 bits per heavy atom. The van der Waals surface area contributed by atoms with E-state index in [9.17, 15) is 0 Å². The molecule has 0 bridgehead atoms. The molecular formula is C55H33N5O. The first kappa shape index (κ1) is 33.6. The van der Waals surface area contributed by atoms with Crippen molar-refractivity contribution in [2.75, 3.05) is 0 Å². The number of para-hydroxylation sites is 3. The maximum Gasteiger partial charge on any atom is 0.164 e. The predicted octanol–water partition coefficient (Wildman–Crippen LogP) is 14.1. The third-order valence-corrected chi connectivity index (χ3v) is 12.1. The predicted molar refractivity (Wildman–Crippen MR) is 250 cm³/mol. The molecule has 0 unspecified atom stereocenters. The molecule has 0 atom stereocenters. The van der Waals surface area contributed by atoms with Crippen molar-refractivity contribution in [2.24, 2.45) is 0 Å². The van der Waals surface area contributed by atoms with Crippen LogP contribution in [0.25, 0.3) is 122 Å². The topological polar surface area (TPSA) is 61.7 Å². The molecule has 0 N–H and O–H groups in total. The molecule has 13 rings (SSSR count). The van der Waals surface area contributed by atoms with Crippen LogP contribution in [0.15, 0.2) is 205 Å². The van der Waals surface area contributed by atoms with Crippen LogP contribution in [-0.2, 0) is 0 Å². The maximum absolute atomic E-state index is 7.14. The van der Waals surface area contributed by atoms with Crippen LogP contribution in [0, 0.1) is 0 Å². The summed E-state index contributed by atoms with van der Waals surface area (Å²) in [4.78, 5) is 15.1. The van der Waals surface area contributed by atoms with Gasteiger partial charge < -0.3 is 13.6 Å². The highest BCUT2D eigenvalue weighted by Crippen LogP contribution is 2.45. The monoisotopic (exact) mass is 779 g/mol. The number of nitrogens with zero attached hydrogens (tertiary/aromatic N) is 5. The number of hydrogen-bond donors (Lipinski definition) is 0. The van der Waals surface area contributed by atoms with Gasteiger partial charge in [0.1, 0.15) is 11.2 Å². The van der Waals surface area contributed by atoms with E-state index in [0.717, 1.165) is 93.6 Å². The summed E-state index contributed by atoms with van der Waals surface area (Å²) in [6, 6.07) is 70.1.